The first kappa shape index (κ1) is 28.1. The summed E-state index contributed by atoms with van der Waals surface area (Å²) in [6, 6.07) is 11.2. The fourth-order valence-electron chi connectivity index (χ4n) is 5.01. The molecule has 0 aromatic heterocycles. The van der Waals surface area contributed by atoms with Crippen LogP contribution in [-0.4, -0.2) is 43.2 Å². The van der Waals surface area contributed by atoms with E-state index < -0.39 is 11.9 Å². The number of aliphatic imine (C=N–C) groups is 2. The number of ether oxygens (including phenoxy) is 1. The fraction of sp³-hybridized carbons (Fsp3) is 0.448. The number of Topliss-reactive ketones (excluding diaryl/α,β-unsaturated/α-hetero) is 1. The molecule has 2 aromatic rings. The van der Waals surface area contributed by atoms with Gasteiger partial charge in [-0.3, -0.25) is 14.6 Å². The van der Waals surface area contributed by atoms with Crippen LogP contribution in [0.3, 0.4) is 0 Å². The standard InChI is InChI=1S/C29H35FN6O3/c1-39-26-15-21(10-11-24(26)30)17-32-29(38)25(14-19-6-3-2-4-7-19)35-27(31)16-23(37)13-20-8-5-9-22(12-20)28-33-18-34-36-28/h5,8-12,15,19,25H,2-4,6-7,13-14,16-18H2,1H3,(H2,31,35)(H,32,38)/t25-/m1/s1. The first-order chi connectivity index (χ1) is 18.9. The summed E-state index contributed by atoms with van der Waals surface area (Å²) in [5, 5.41) is 10.8. The Labute approximate surface area is 227 Å². The van der Waals surface area contributed by atoms with Gasteiger partial charge in [-0.1, -0.05) is 56.4 Å². The van der Waals surface area contributed by atoms with Gasteiger partial charge in [0.15, 0.2) is 24.1 Å². The van der Waals surface area contributed by atoms with Crippen LogP contribution in [0.15, 0.2) is 62.7 Å². The van der Waals surface area contributed by atoms with Gasteiger partial charge >= 0.3 is 0 Å². The molecule has 1 amide bonds. The van der Waals surface area contributed by atoms with Gasteiger partial charge in [0.1, 0.15) is 17.7 Å². The van der Waals surface area contributed by atoms with E-state index in [4.69, 9.17) is 10.5 Å². The summed E-state index contributed by atoms with van der Waals surface area (Å²) in [6.45, 7) is 0.519. The zero-order chi connectivity index (χ0) is 27.6. The predicted molar refractivity (Wildman–Crippen MR) is 147 cm³/mol. The van der Waals surface area contributed by atoms with Gasteiger partial charge in [0.05, 0.1) is 13.5 Å². The summed E-state index contributed by atoms with van der Waals surface area (Å²) in [4.78, 5) is 34.8. The summed E-state index contributed by atoms with van der Waals surface area (Å²) >= 11 is 0. The lowest BCUT2D eigenvalue weighted by Gasteiger charge is -2.24. The van der Waals surface area contributed by atoms with Crippen LogP contribution >= 0.6 is 0 Å². The molecule has 0 spiro atoms. The van der Waals surface area contributed by atoms with Crippen LogP contribution in [0.4, 0.5) is 4.39 Å². The van der Waals surface area contributed by atoms with E-state index in [-0.39, 0.29) is 42.7 Å². The maximum atomic E-state index is 13.7. The average Bonchev–Trinajstić information content (AvgIpc) is 3.48. The van der Waals surface area contributed by atoms with Crippen molar-refractivity contribution in [3.05, 3.63) is 65.0 Å². The number of hydrogen-bond donors (Lipinski definition) is 2. The van der Waals surface area contributed by atoms with E-state index in [9.17, 15) is 14.0 Å². The van der Waals surface area contributed by atoms with Crippen molar-refractivity contribution in [2.75, 3.05) is 13.8 Å². The Morgan fingerprint density at radius 1 is 1.15 bits per heavy atom. The summed E-state index contributed by atoms with van der Waals surface area (Å²) < 4.78 is 18.8. The molecular weight excluding hydrogens is 499 g/mol. The Bertz CT molecular complexity index is 1270. The minimum Gasteiger partial charge on any atom is -0.494 e. The van der Waals surface area contributed by atoms with Gasteiger partial charge in [-0.2, -0.15) is 5.11 Å². The van der Waals surface area contributed by atoms with E-state index in [2.05, 4.69) is 25.5 Å². The molecule has 0 unspecified atom stereocenters. The maximum absolute atomic E-state index is 13.7. The number of amides is 1. The molecule has 1 aliphatic carbocycles. The van der Waals surface area contributed by atoms with Crippen molar-refractivity contribution in [1.82, 2.24) is 5.32 Å². The van der Waals surface area contributed by atoms with E-state index in [1.807, 2.05) is 24.3 Å². The Balaban J connectivity index is 1.40. The number of nitrogens with zero attached hydrogens (tertiary/aromatic N) is 4. The van der Waals surface area contributed by atoms with Gasteiger partial charge in [-0.25, -0.2) is 9.38 Å². The zero-order valence-electron chi connectivity index (χ0n) is 22.2. The molecule has 9 nitrogen and oxygen atoms in total. The van der Waals surface area contributed by atoms with Crippen molar-refractivity contribution in [2.45, 2.75) is 64.0 Å². The molecule has 4 rings (SSSR count). The molecule has 1 fully saturated rings. The monoisotopic (exact) mass is 534 g/mol. The lowest BCUT2D eigenvalue weighted by molar-refractivity contribution is -0.123. The first-order valence-electron chi connectivity index (χ1n) is 13.4. The number of azo groups is 1. The number of ketones is 1. The van der Waals surface area contributed by atoms with Gasteiger partial charge in [0.2, 0.25) is 5.91 Å². The molecule has 0 radical (unpaired) electrons. The number of benzene rings is 2. The smallest absolute Gasteiger partial charge is 0.245 e. The van der Waals surface area contributed by atoms with E-state index in [0.717, 1.165) is 36.8 Å². The molecule has 0 saturated heterocycles. The third kappa shape index (κ3) is 8.27. The number of hydrogen-bond acceptors (Lipinski definition) is 7. The SMILES string of the molecule is COc1cc(CNC(=O)[C@@H](CC2CCCCC2)N=C(N)CC(=O)Cc2cccc(C3=NCN=N3)c2)ccc1F. The second-order valence-electron chi connectivity index (χ2n) is 10.0. The highest BCUT2D eigenvalue weighted by Crippen LogP contribution is 2.28. The highest BCUT2D eigenvalue weighted by atomic mass is 19.1. The van der Waals surface area contributed by atoms with Crippen molar-refractivity contribution in [3.8, 4) is 5.75 Å². The fourth-order valence-corrected chi connectivity index (χ4v) is 5.01. The third-order valence-corrected chi connectivity index (χ3v) is 7.00. The van der Waals surface area contributed by atoms with Crippen LogP contribution in [0.1, 0.15) is 61.6 Å². The average molecular weight is 535 g/mol. The number of methoxy groups -OCH3 is 1. The molecule has 10 heteroatoms. The van der Waals surface area contributed by atoms with Gasteiger partial charge in [-0.05, 0) is 41.7 Å². The van der Waals surface area contributed by atoms with E-state index >= 15 is 0 Å². The second-order valence-corrected chi connectivity index (χ2v) is 10.0. The van der Waals surface area contributed by atoms with Gasteiger partial charge < -0.3 is 15.8 Å². The summed E-state index contributed by atoms with van der Waals surface area (Å²) in [7, 11) is 1.40. The molecule has 1 atom stereocenters. The number of nitrogens with one attached hydrogen (secondary N) is 1. The van der Waals surface area contributed by atoms with Gasteiger partial charge in [-0.15, -0.1) is 5.11 Å². The predicted octanol–water partition coefficient (Wildman–Crippen LogP) is 4.52. The number of amidine groups is 2. The molecule has 39 heavy (non-hydrogen) atoms. The molecule has 1 saturated carbocycles. The zero-order valence-corrected chi connectivity index (χ0v) is 22.2. The summed E-state index contributed by atoms with van der Waals surface area (Å²) in [5.41, 5.74) is 8.55. The molecular formula is C29H35FN6O3. The van der Waals surface area contributed by atoms with E-state index in [0.29, 0.717) is 30.4 Å². The van der Waals surface area contributed by atoms with E-state index in [1.54, 1.807) is 12.1 Å². The minimum absolute atomic E-state index is 0.0471. The summed E-state index contributed by atoms with van der Waals surface area (Å²) in [6.07, 6.45) is 6.29. The summed E-state index contributed by atoms with van der Waals surface area (Å²) in [5.74, 6) is 0.371. The topological polar surface area (TPSA) is 131 Å². The van der Waals surface area contributed by atoms with Gasteiger partial charge in [0, 0.05) is 18.5 Å². The maximum Gasteiger partial charge on any atom is 0.245 e. The number of carbonyl (C=O) groups is 2. The Hall–Kier alpha value is -3.95. The van der Waals surface area contributed by atoms with Crippen molar-refractivity contribution in [1.29, 1.82) is 0 Å². The van der Waals surface area contributed by atoms with Crippen molar-refractivity contribution in [3.63, 3.8) is 0 Å². The van der Waals surface area contributed by atoms with Crippen LogP contribution in [0.5, 0.6) is 5.75 Å². The largest absolute Gasteiger partial charge is 0.494 e. The van der Waals surface area contributed by atoms with Gasteiger partial charge in [0.25, 0.3) is 0 Å². The molecule has 2 aliphatic rings. The highest BCUT2D eigenvalue weighted by Gasteiger charge is 2.25. The number of halogens is 1. The van der Waals surface area contributed by atoms with E-state index in [1.165, 1.54) is 19.6 Å². The lowest BCUT2D eigenvalue weighted by atomic mass is 9.84. The Morgan fingerprint density at radius 2 is 1.97 bits per heavy atom. The second kappa shape index (κ2) is 13.7. The Morgan fingerprint density at radius 3 is 2.72 bits per heavy atom. The minimum atomic E-state index is -0.697. The van der Waals surface area contributed by atoms with Crippen molar-refractivity contribution < 1.29 is 18.7 Å². The number of carbonyl (C=O) groups excluding carboxylic acids is 2. The van der Waals surface area contributed by atoms with Crippen LogP contribution in [0, 0.1) is 11.7 Å². The van der Waals surface area contributed by atoms with Crippen LogP contribution in [0.2, 0.25) is 0 Å². The first-order valence-corrected chi connectivity index (χ1v) is 13.4. The normalized spacial score (nSPS) is 16.6. The Kier molecular flexibility index (Phi) is 9.88. The van der Waals surface area contributed by atoms with Crippen molar-refractivity contribution in [2.24, 2.45) is 31.9 Å². The molecule has 206 valence electrons. The molecule has 2 aromatic carbocycles. The molecule has 1 aliphatic heterocycles. The third-order valence-electron chi connectivity index (χ3n) is 7.00. The lowest BCUT2D eigenvalue weighted by Crippen LogP contribution is -2.36. The van der Waals surface area contributed by atoms with Crippen LogP contribution < -0.4 is 15.8 Å². The molecule has 1 heterocycles. The van der Waals surface area contributed by atoms with Crippen molar-refractivity contribution >= 4 is 23.4 Å². The highest BCUT2D eigenvalue weighted by molar-refractivity contribution is 6.02. The van der Waals surface area contributed by atoms with Crippen LogP contribution in [-0.2, 0) is 22.6 Å². The molecule has 3 N–H and O–H groups in total. The number of rotatable bonds is 12. The number of nitrogens with two attached hydrogens (primary N) is 1. The van der Waals surface area contributed by atoms with Crippen LogP contribution in [0.25, 0.3) is 0 Å². The quantitative estimate of drug-likeness (QED) is 0.306. The molecule has 0 bridgehead atoms.